The number of benzene rings is 1. The summed E-state index contributed by atoms with van der Waals surface area (Å²) in [5, 5.41) is 5.58. The lowest BCUT2D eigenvalue weighted by atomic mass is 9.96. The summed E-state index contributed by atoms with van der Waals surface area (Å²) in [6.45, 7) is 2.02. The first-order chi connectivity index (χ1) is 13.7. The predicted octanol–water partition coefficient (Wildman–Crippen LogP) is 4.37. The summed E-state index contributed by atoms with van der Waals surface area (Å²) < 4.78 is 7.76. The molecule has 3 heterocycles. The van der Waals surface area contributed by atoms with Gasteiger partial charge in [-0.15, -0.1) is 0 Å². The number of nitrogens with zero attached hydrogens (tertiary/aromatic N) is 4. The minimum absolute atomic E-state index is 0.150. The monoisotopic (exact) mass is 395 g/mol. The van der Waals surface area contributed by atoms with Crippen LogP contribution in [0.1, 0.15) is 49.6 Å². The van der Waals surface area contributed by atoms with Crippen molar-refractivity contribution in [2.45, 2.75) is 56.0 Å². The summed E-state index contributed by atoms with van der Waals surface area (Å²) in [6, 6.07) is 6.28. The van der Waals surface area contributed by atoms with Gasteiger partial charge in [-0.05, 0) is 37.5 Å². The molecule has 7 nitrogen and oxygen atoms in total. The number of aryl methyl sites for hydroxylation is 1. The molecule has 0 unspecified atom stereocenters. The van der Waals surface area contributed by atoms with Gasteiger partial charge in [0.05, 0.1) is 18.0 Å². The van der Waals surface area contributed by atoms with Crippen molar-refractivity contribution in [3.8, 4) is 0 Å². The minimum atomic E-state index is -0.150. The van der Waals surface area contributed by atoms with E-state index in [1.165, 1.54) is 31.0 Å². The van der Waals surface area contributed by atoms with Crippen molar-refractivity contribution in [1.29, 1.82) is 0 Å². The van der Waals surface area contributed by atoms with E-state index in [9.17, 15) is 4.79 Å². The molecule has 0 atom stereocenters. The molecule has 1 aliphatic rings. The average Bonchev–Trinajstić information content (AvgIpc) is 3.30. The number of fused-ring (bicyclic) bond motifs is 2. The van der Waals surface area contributed by atoms with E-state index in [0.717, 1.165) is 29.5 Å². The summed E-state index contributed by atoms with van der Waals surface area (Å²) in [7, 11) is 0. The first-order valence-corrected chi connectivity index (χ1v) is 10.6. The molecule has 0 amide bonds. The van der Waals surface area contributed by atoms with Crippen LogP contribution < -0.4 is 5.56 Å². The van der Waals surface area contributed by atoms with E-state index in [2.05, 4.69) is 15.1 Å². The van der Waals surface area contributed by atoms with E-state index >= 15 is 0 Å². The zero-order chi connectivity index (χ0) is 19.1. The summed E-state index contributed by atoms with van der Waals surface area (Å²) in [5.41, 5.74) is 3.28. The molecule has 4 aromatic rings. The molecule has 1 N–H and O–H groups in total. The molecule has 1 fully saturated rings. The molecule has 0 radical (unpaired) electrons. The van der Waals surface area contributed by atoms with Gasteiger partial charge in [-0.2, -0.15) is 5.10 Å². The normalized spacial score (nSPS) is 15.6. The highest BCUT2D eigenvalue weighted by Crippen LogP contribution is 2.30. The second kappa shape index (κ2) is 7.09. The molecule has 8 heteroatoms. The Balaban J connectivity index is 1.42. The standard InChI is InChI=1S/C20H21N5O2S/c1-12-7-8-15-16(9-12)27-17(22-15)11-28-20-23-18-14(19(26)24-20)10-21-25(18)13-5-3-2-4-6-13/h7-10,13H,2-6,11H2,1H3,(H,23,24,26). The quantitative estimate of drug-likeness (QED) is 0.408. The Labute approximate surface area is 165 Å². The maximum atomic E-state index is 12.5. The first-order valence-electron chi connectivity index (χ1n) is 9.64. The third-order valence-corrected chi connectivity index (χ3v) is 6.14. The first kappa shape index (κ1) is 17.5. The Hall–Kier alpha value is -2.61. The molecule has 0 bridgehead atoms. The van der Waals surface area contributed by atoms with Gasteiger partial charge >= 0.3 is 0 Å². The Morgan fingerprint density at radius 2 is 2.11 bits per heavy atom. The van der Waals surface area contributed by atoms with Gasteiger partial charge in [-0.25, -0.2) is 14.6 Å². The van der Waals surface area contributed by atoms with Gasteiger partial charge in [0, 0.05) is 0 Å². The second-order valence-electron chi connectivity index (χ2n) is 7.36. The van der Waals surface area contributed by atoms with Crippen LogP contribution in [-0.4, -0.2) is 24.7 Å². The number of hydrogen-bond donors (Lipinski definition) is 1. The van der Waals surface area contributed by atoms with Crippen molar-refractivity contribution in [2.75, 3.05) is 0 Å². The van der Waals surface area contributed by atoms with Crippen LogP contribution in [-0.2, 0) is 5.75 Å². The van der Waals surface area contributed by atoms with Crippen LogP contribution in [0.5, 0.6) is 0 Å². The van der Waals surface area contributed by atoms with Crippen LogP contribution in [0.3, 0.4) is 0 Å². The molecular weight excluding hydrogens is 374 g/mol. The highest BCUT2D eigenvalue weighted by molar-refractivity contribution is 7.98. The average molecular weight is 395 g/mol. The molecule has 144 valence electrons. The van der Waals surface area contributed by atoms with Crippen molar-refractivity contribution in [3.63, 3.8) is 0 Å². The van der Waals surface area contributed by atoms with E-state index < -0.39 is 0 Å². The number of thioether (sulfide) groups is 1. The number of hydrogen-bond acceptors (Lipinski definition) is 6. The van der Waals surface area contributed by atoms with E-state index in [4.69, 9.17) is 9.40 Å². The van der Waals surface area contributed by atoms with Gasteiger partial charge < -0.3 is 9.40 Å². The van der Waals surface area contributed by atoms with Gasteiger partial charge in [0.15, 0.2) is 16.4 Å². The third-order valence-electron chi connectivity index (χ3n) is 5.28. The largest absolute Gasteiger partial charge is 0.440 e. The van der Waals surface area contributed by atoms with Crippen LogP contribution in [0.4, 0.5) is 0 Å². The number of aromatic nitrogens is 5. The number of rotatable bonds is 4. The van der Waals surface area contributed by atoms with Crippen molar-refractivity contribution in [1.82, 2.24) is 24.7 Å². The lowest BCUT2D eigenvalue weighted by Gasteiger charge is -2.22. The highest BCUT2D eigenvalue weighted by atomic mass is 32.2. The summed E-state index contributed by atoms with van der Waals surface area (Å²) in [6.07, 6.45) is 7.50. The summed E-state index contributed by atoms with van der Waals surface area (Å²) in [5.74, 6) is 1.12. The van der Waals surface area contributed by atoms with Crippen LogP contribution in [0, 0.1) is 6.92 Å². The molecular formula is C20H21N5O2S. The van der Waals surface area contributed by atoms with Crippen LogP contribution in [0.25, 0.3) is 22.1 Å². The summed E-state index contributed by atoms with van der Waals surface area (Å²) >= 11 is 1.42. The Morgan fingerprint density at radius 1 is 1.25 bits per heavy atom. The molecule has 1 saturated carbocycles. The Kier molecular flexibility index (Phi) is 4.43. The molecule has 1 aliphatic carbocycles. The molecule has 1 aromatic carbocycles. The predicted molar refractivity (Wildman–Crippen MR) is 109 cm³/mol. The maximum Gasteiger partial charge on any atom is 0.262 e. The van der Waals surface area contributed by atoms with E-state index in [1.807, 2.05) is 29.8 Å². The van der Waals surface area contributed by atoms with Crippen molar-refractivity contribution in [2.24, 2.45) is 0 Å². The smallest absolute Gasteiger partial charge is 0.262 e. The van der Waals surface area contributed by atoms with E-state index in [-0.39, 0.29) is 5.56 Å². The van der Waals surface area contributed by atoms with E-state index in [0.29, 0.717) is 33.9 Å². The number of oxazole rings is 1. The fourth-order valence-corrected chi connectivity index (χ4v) is 4.55. The Bertz CT molecular complexity index is 1200. The molecule has 0 aliphatic heterocycles. The second-order valence-corrected chi connectivity index (χ2v) is 8.32. The topological polar surface area (TPSA) is 89.6 Å². The molecule has 0 saturated heterocycles. The minimum Gasteiger partial charge on any atom is -0.440 e. The zero-order valence-corrected chi connectivity index (χ0v) is 16.5. The lowest BCUT2D eigenvalue weighted by molar-refractivity contribution is 0.335. The molecule has 3 aromatic heterocycles. The molecule has 5 rings (SSSR count). The zero-order valence-electron chi connectivity index (χ0n) is 15.6. The van der Waals surface area contributed by atoms with Gasteiger partial charge in [-0.1, -0.05) is 37.1 Å². The van der Waals surface area contributed by atoms with Crippen molar-refractivity contribution < 1.29 is 4.42 Å². The fraction of sp³-hybridized carbons (Fsp3) is 0.400. The van der Waals surface area contributed by atoms with Gasteiger partial charge in [-0.3, -0.25) is 4.79 Å². The Morgan fingerprint density at radius 3 is 2.96 bits per heavy atom. The van der Waals surface area contributed by atoms with Crippen LogP contribution in [0.15, 0.2) is 38.8 Å². The maximum absolute atomic E-state index is 12.5. The van der Waals surface area contributed by atoms with Gasteiger partial charge in [0.1, 0.15) is 10.9 Å². The van der Waals surface area contributed by atoms with Crippen LogP contribution in [0.2, 0.25) is 0 Å². The van der Waals surface area contributed by atoms with Crippen molar-refractivity contribution >= 4 is 33.9 Å². The number of nitrogens with one attached hydrogen (secondary N) is 1. The molecule has 28 heavy (non-hydrogen) atoms. The van der Waals surface area contributed by atoms with Gasteiger partial charge in [0.2, 0.25) is 5.89 Å². The van der Waals surface area contributed by atoms with Gasteiger partial charge in [0.25, 0.3) is 5.56 Å². The SMILES string of the molecule is Cc1ccc2nc(CSc3nc4c(cnn4C4CCCCC4)c(=O)[nH]3)oc2c1. The third kappa shape index (κ3) is 3.22. The van der Waals surface area contributed by atoms with E-state index in [1.54, 1.807) is 6.20 Å². The lowest BCUT2D eigenvalue weighted by Crippen LogP contribution is -2.16. The fourth-order valence-electron chi connectivity index (χ4n) is 3.85. The highest BCUT2D eigenvalue weighted by Gasteiger charge is 2.20. The number of H-pyrrole nitrogens is 1. The summed E-state index contributed by atoms with van der Waals surface area (Å²) in [4.78, 5) is 24.5. The number of aromatic amines is 1. The molecule has 0 spiro atoms. The van der Waals surface area contributed by atoms with Crippen LogP contribution >= 0.6 is 11.8 Å². The van der Waals surface area contributed by atoms with Crippen molar-refractivity contribution in [3.05, 3.63) is 46.2 Å².